The van der Waals surface area contributed by atoms with Crippen LogP contribution in [0.25, 0.3) is 11.5 Å². The first-order valence-electron chi connectivity index (χ1n) is 9.17. The number of aryl methyl sites for hydroxylation is 2. The van der Waals surface area contributed by atoms with Crippen molar-refractivity contribution in [3.05, 3.63) is 93.2 Å². The molecule has 3 aromatic rings. The van der Waals surface area contributed by atoms with Gasteiger partial charge in [0.25, 0.3) is 0 Å². The van der Waals surface area contributed by atoms with E-state index in [1.807, 2.05) is 32.0 Å². The van der Waals surface area contributed by atoms with Gasteiger partial charge in [-0.05, 0) is 55.0 Å². The van der Waals surface area contributed by atoms with Crippen molar-refractivity contribution in [1.29, 1.82) is 0 Å². The number of halogens is 2. The van der Waals surface area contributed by atoms with Gasteiger partial charge in [0.1, 0.15) is 0 Å². The Labute approximate surface area is 191 Å². The van der Waals surface area contributed by atoms with Crippen LogP contribution < -0.4 is 15.0 Å². The molecule has 0 radical (unpaired) electrons. The minimum atomic E-state index is -0.323. The highest BCUT2D eigenvalue weighted by Crippen LogP contribution is 2.26. The van der Waals surface area contributed by atoms with Gasteiger partial charge in [-0.15, -0.1) is 0 Å². The molecule has 0 aliphatic heterocycles. The van der Waals surface area contributed by atoms with Gasteiger partial charge in [0.05, 0.1) is 16.7 Å². The number of benzene rings is 2. The topological polar surface area (TPSA) is 59.2 Å². The number of aliphatic hydroxyl groups excluding tert-OH is 1. The second-order valence-corrected chi connectivity index (χ2v) is 8.08. The van der Waals surface area contributed by atoms with Crippen molar-refractivity contribution in [3.63, 3.8) is 0 Å². The van der Waals surface area contributed by atoms with Crippen molar-refractivity contribution in [2.45, 2.75) is 20.5 Å². The van der Waals surface area contributed by atoms with Crippen molar-refractivity contribution >= 4 is 57.6 Å². The third-order valence-electron chi connectivity index (χ3n) is 4.54. The average molecular weight is 459 g/mol. The van der Waals surface area contributed by atoms with Gasteiger partial charge in [-0.3, -0.25) is 0 Å². The summed E-state index contributed by atoms with van der Waals surface area (Å²) in [5.41, 5.74) is 4.18. The second kappa shape index (κ2) is 9.58. The Morgan fingerprint density at radius 1 is 1.10 bits per heavy atom. The summed E-state index contributed by atoms with van der Waals surface area (Å²) in [5.74, 6) is -0.323. The van der Waals surface area contributed by atoms with E-state index in [0.29, 0.717) is 16.1 Å². The summed E-state index contributed by atoms with van der Waals surface area (Å²) in [6, 6.07) is 14.1. The fourth-order valence-electron chi connectivity index (χ4n) is 3.00. The van der Waals surface area contributed by atoms with Crippen molar-refractivity contribution in [3.8, 4) is 0 Å². The number of anilines is 1. The highest BCUT2D eigenvalue weighted by atomic mass is 35.5. The summed E-state index contributed by atoms with van der Waals surface area (Å²) in [6.45, 7) is 3.82. The first kappa shape index (κ1) is 22.2. The van der Waals surface area contributed by atoms with E-state index in [1.54, 1.807) is 41.2 Å². The van der Waals surface area contributed by atoms with Gasteiger partial charge in [-0.2, -0.15) is 4.57 Å². The lowest BCUT2D eigenvalue weighted by atomic mass is 10.1. The SMILES string of the molecule is Cc1ccc(NC(=S)/C(=C(\[O-])c2ccc(Cl)c(Cl)c2)[n+]2cccc(CO)c2)c(C)c1. The molecule has 4 nitrogen and oxygen atoms in total. The zero-order valence-corrected chi connectivity index (χ0v) is 18.8. The van der Waals surface area contributed by atoms with Gasteiger partial charge in [0, 0.05) is 17.3 Å². The molecule has 1 aromatic heterocycles. The van der Waals surface area contributed by atoms with Gasteiger partial charge in [0.15, 0.2) is 17.4 Å². The molecule has 0 aliphatic carbocycles. The third kappa shape index (κ3) is 4.99. The van der Waals surface area contributed by atoms with E-state index in [9.17, 15) is 10.2 Å². The van der Waals surface area contributed by atoms with Crippen molar-refractivity contribution in [2.75, 3.05) is 5.32 Å². The summed E-state index contributed by atoms with van der Waals surface area (Å²) in [7, 11) is 0. The van der Waals surface area contributed by atoms with Crippen LogP contribution in [0.3, 0.4) is 0 Å². The first-order valence-corrected chi connectivity index (χ1v) is 10.3. The van der Waals surface area contributed by atoms with Crippen molar-refractivity contribution < 1.29 is 14.8 Å². The molecule has 154 valence electrons. The summed E-state index contributed by atoms with van der Waals surface area (Å²) in [5, 5.41) is 26.8. The quantitative estimate of drug-likeness (QED) is 0.255. The number of thiocarbonyl (C=S) groups is 1. The minimum Gasteiger partial charge on any atom is -0.867 e. The Kier molecular flexibility index (Phi) is 7.10. The zero-order chi connectivity index (χ0) is 21.8. The molecule has 7 heteroatoms. The van der Waals surface area contributed by atoms with Crippen LogP contribution in [0.4, 0.5) is 5.69 Å². The minimum absolute atomic E-state index is 0.160. The maximum Gasteiger partial charge on any atom is 0.238 e. The van der Waals surface area contributed by atoms with Gasteiger partial charge in [-0.1, -0.05) is 59.2 Å². The molecule has 0 fully saturated rings. The lowest BCUT2D eigenvalue weighted by Crippen LogP contribution is -2.40. The molecular weight excluding hydrogens is 439 g/mol. The Hall–Kier alpha value is -2.44. The highest BCUT2D eigenvalue weighted by Gasteiger charge is 2.20. The largest absolute Gasteiger partial charge is 0.867 e. The van der Waals surface area contributed by atoms with Crippen LogP contribution in [0, 0.1) is 13.8 Å². The van der Waals surface area contributed by atoms with E-state index in [4.69, 9.17) is 35.4 Å². The van der Waals surface area contributed by atoms with Gasteiger partial charge in [-0.25, -0.2) is 0 Å². The van der Waals surface area contributed by atoms with Crippen molar-refractivity contribution in [1.82, 2.24) is 0 Å². The van der Waals surface area contributed by atoms with E-state index >= 15 is 0 Å². The monoisotopic (exact) mass is 458 g/mol. The Morgan fingerprint density at radius 2 is 1.87 bits per heavy atom. The van der Waals surface area contributed by atoms with Crippen LogP contribution >= 0.6 is 35.4 Å². The number of nitrogens with one attached hydrogen (secondary N) is 1. The highest BCUT2D eigenvalue weighted by molar-refractivity contribution is 7.81. The summed E-state index contributed by atoms with van der Waals surface area (Å²) in [4.78, 5) is 0.248. The standard InChI is InChI=1S/C23H20Cl2N2O2S/c1-14-5-8-20(15(2)10-14)26-23(30)21(27-9-3-4-16(12-27)13-28)22(29)17-6-7-18(24)19(25)11-17/h3-12,28H,13H2,1-2H3,(H-,26,29,30). The first-order chi connectivity index (χ1) is 14.3. The molecule has 2 aromatic carbocycles. The normalized spacial score (nSPS) is 11.8. The molecule has 0 spiro atoms. The van der Waals surface area contributed by atoms with Crippen LogP contribution in [0.2, 0.25) is 10.0 Å². The number of hydrogen-bond donors (Lipinski definition) is 2. The Bertz CT molecular complexity index is 1150. The maximum absolute atomic E-state index is 13.4. The number of pyridine rings is 1. The predicted molar refractivity (Wildman–Crippen MR) is 124 cm³/mol. The molecule has 0 amide bonds. The van der Waals surface area contributed by atoms with Gasteiger partial charge >= 0.3 is 0 Å². The van der Waals surface area contributed by atoms with Gasteiger partial charge < -0.3 is 15.5 Å². The molecule has 0 unspecified atom stereocenters. The number of nitrogens with zero attached hydrogens (tertiary/aromatic N) is 1. The van der Waals surface area contributed by atoms with E-state index in [0.717, 1.165) is 16.8 Å². The van der Waals surface area contributed by atoms with Crippen LogP contribution in [0.15, 0.2) is 60.9 Å². The second-order valence-electron chi connectivity index (χ2n) is 6.86. The number of aromatic nitrogens is 1. The smallest absolute Gasteiger partial charge is 0.238 e. The lowest BCUT2D eigenvalue weighted by Gasteiger charge is -2.18. The molecule has 0 bridgehead atoms. The van der Waals surface area contributed by atoms with E-state index in [1.165, 1.54) is 6.07 Å². The van der Waals surface area contributed by atoms with Crippen LogP contribution in [-0.4, -0.2) is 10.1 Å². The zero-order valence-electron chi connectivity index (χ0n) is 16.4. The van der Waals surface area contributed by atoms with E-state index in [2.05, 4.69) is 5.32 Å². The summed E-state index contributed by atoms with van der Waals surface area (Å²) in [6.07, 6.45) is 3.38. The predicted octanol–water partition coefficient (Wildman–Crippen LogP) is 4.52. The van der Waals surface area contributed by atoms with Crippen LogP contribution in [0.1, 0.15) is 22.3 Å². The molecular formula is C23H20Cl2N2O2S. The molecule has 30 heavy (non-hydrogen) atoms. The van der Waals surface area contributed by atoms with Crippen LogP contribution in [-0.2, 0) is 6.61 Å². The van der Waals surface area contributed by atoms with Gasteiger partial charge in [0.2, 0.25) is 5.70 Å². The Balaban J connectivity index is 2.13. The van der Waals surface area contributed by atoms with Crippen molar-refractivity contribution in [2.24, 2.45) is 0 Å². The van der Waals surface area contributed by atoms with E-state index < -0.39 is 0 Å². The molecule has 3 rings (SSSR count). The molecule has 2 N–H and O–H groups in total. The molecule has 0 saturated carbocycles. The summed E-state index contributed by atoms with van der Waals surface area (Å²) < 4.78 is 1.61. The molecule has 0 atom stereocenters. The van der Waals surface area contributed by atoms with E-state index in [-0.39, 0.29) is 28.1 Å². The third-order valence-corrected chi connectivity index (χ3v) is 5.58. The number of rotatable bonds is 5. The fourth-order valence-corrected chi connectivity index (χ4v) is 3.61. The van der Waals surface area contributed by atoms with Crippen LogP contribution in [0.5, 0.6) is 0 Å². The summed E-state index contributed by atoms with van der Waals surface area (Å²) >= 11 is 17.8. The molecule has 0 saturated heterocycles. The lowest BCUT2D eigenvalue weighted by molar-refractivity contribution is -0.578. The fraction of sp³-hybridized carbons (Fsp3) is 0.130. The molecule has 1 heterocycles. The number of hydrogen-bond acceptors (Lipinski definition) is 3. The average Bonchev–Trinajstić information content (AvgIpc) is 2.72. The number of aliphatic hydroxyl groups is 1. The maximum atomic E-state index is 13.4. The molecule has 0 aliphatic rings. The Morgan fingerprint density at radius 3 is 2.53 bits per heavy atom.